The highest BCUT2D eigenvalue weighted by Crippen LogP contribution is 2.32. The molecular formula is C17H17ClN2O3S. The van der Waals surface area contributed by atoms with Crippen LogP contribution in [0.3, 0.4) is 0 Å². The van der Waals surface area contributed by atoms with Crippen LogP contribution in [0, 0.1) is 0 Å². The van der Waals surface area contributed by atoms with Gasteiger partial charge < -0.3 is 9.64 Å². The monoisotopic (exact) mass is 364 g/mol. The first-order valence-electron chi connectivity index (χ1n) is 7.43. The van der Waals surface area contributed by atoms with Crippen LogP contribution < -0.4 is 0 Å². The number of rotatable bonds is 3. The summed E-state index contributed by atoms with van der Waals surface area (Å²) in [6, 6.07) is 15.6. The number of ether oxygens (including phenoxy) is 1. The van der Waals surface area contributed by atoms with Crippen molar-refractivity contribution in [3.63, 3.8) is 0 Å². The van der Waals surface area contributed by atoms with Crippen LogP contribution in [0.4, 0.5) is 0 Å². The van der Waals surface area contributed by atoms with Gasteiger partial charge >= 0.3 is 6.02 Å². The third-order valence-electron chi connectivity index (χ3n) is 4.02. The molecule has 0 spiro atoms. The molecule has 24 heavy (non-hydrogen) atoms. The normalized spacial score (nSPS) is 22.6. The minimum atomic E-state index is -3.86. The Bertz CT molecular complexity index is 851. The van der Waals surface area contributed by atoms with Gasteiger partial charge in [0.2, 0.25) is 0 Å². The lowest BCUT2D eigenvalue weighted by Gasteiger charge is -2.17. The molecule has 0 saturated carbocycles. The van der Waals surface area contributed by atoms with E-state index < -0.39 is 10.0 Å². The summed E-state index contributed by atoms with van der Waals surface area (Å²) in [6.07, 6.45) is -0.268. The number of nitrogens with zero attached hydrogens (tertiary/aromatic N) is 2. The molecule has 0 unspecified atom stereocenters. The predicted octanol–water partition coefficient (Wildman–Crippen LogP) is 3.48. The average Bonchev–Trinajstić information content (AvgIpc) is 2.84. The van der Waals surface area contributed by atoms with Gasteiger partial charge in [-0.25, -0.2) is 0 Å². The molecule has 1 aliphatic heterocycles. The van der Waals surface area contributed by atoms with E-state index in [1.165, 1.54) is 24.3 Å². The summed E-state index contributed by atoms with van der Waals surface area (Å²) < 4.78 is 34.6. The van der Waals surface area contributed by atoms with Crippen molar-refractivity contribution in [3.8, 4) is 0 Å². The van der Waals surface area contributed by atoms with Gasteiger partial charge in [0.25, 0.3) is 10.0 Å². The molecule has 2 atom stereocenters. The second-order valence-corrected chi connectivity index (χ2v) is 7.64. The lowest BCUT2D eigenvalue weighted by Crippen LogP contribution is -2.28. The van der Waals surface area contributed by atoms with Crippen LogP contribution in [-0.4, -0.2) is 32.4 Å². The maximum atomic E-state index is 12.5. The molecule has 1 heterocycles. The Kier molecular flexibility index (Phi) is 4.51. The first kappa shape index (κ1) is 16.8. The number of sulfonamides is 1. The molecule has 0 amide bonds. The molecule has 2 aromatic rings. The van der Waals surface area contributed by atoms with Crippen LogP contribution in [0.1, 0.15) is 18.6 Å². The van der Waals surface area contributed by atoms with Gasteiger partial charge in [0, 0.05) is 12.1 Å². The van der Waals surface area contributed by atoms with Crippen molar-refractivity contribution in [2.45, 2.75) is 24.0 Å². The molecular weight excluding hydrogens is 348 g/mol. The van der Waals surface area contributed by atoms with E-state index in [-0.39, 0.29) is 23.1 Å². The third kappa shape index (κ3) is 3.25. The second-order valence-electron chi connectivity index (χ2n) is 5.60. The van der Waals surface area contributed by atoms with Crippen molar-refractivity contribution in [2.24, 2.45) is 4.40 Å². The smallest absolute Gasteiger partial charge is 0.304 e. The fourth-order valence-corrected chi connectivity index (χ4v) is 3.60. The maximum absolute atomic E-state index is 12.5. The van der Waals surface area contributed by atoms with Crippen molar-refractivity contribution in [1.29, 1.82) is 0 Å². The first-order valence-corrected chi connectivity index (χ1v) is 9.25. The van der Waals surface area contributed by atoms with Gasteiger partial charge in [-0.3, -0.25) is 0 Å². The molecule has 0 N–H and O–H groups in total. The summed E-state index contributed by atoms with van der Waals surface area (Å²) >= 11 is 5.80. The van der Waals surface area contributed by atoms with Crippen molar-refractivity contribution in [1.82, 2.24) is 4.90 Å². The zero-order valence-electron chi connectivity index (χ0n) is 13.3. The SMILES string of the molecule is C[C@H]1[C@H](c2ccccc2)OC(=NS(=O)(=O)c2ccc(Cl)cc2)N1C. The van der Waals surface area contributed by atoms with E-state index in [0.29, 0.717) is 5.02 Å². The number of amidine groups is 1. The second kappa shape index (κ2) is 6.45. The van der Waals surface area contributed by atoms with Gasteiger partial charge in [-0.1, -0.05) is 41.9 Å². The molecule has 1 fully saturated rings. The molecule has 126 valence electrons. The van der Waals surface area contributed by atoms with Crippen molar-refractivity contribution in [2.75, 3.05) is 7.05 Å². The molecule has 2 aromatic carbocycles. The molecule has 1 aliphatic rings. The highest BCUT2D eigenvalue weighted by molar-refractivity contribution is 7.90. The minimum absolute atomic E-state index is 0.0356. The number of hydrogen-bond donors (Lipinski definition) is 0. The Balaban J connectivity index is 1.91. The van der Waals surface area contributed by atoms with Crippen molar-refractivity contribution in [3.05, 3.63) is 65.2 Å². The van der Waals surface area contributed by atoms with Gasteiger partial charge in [0.15, 0.2) is 0 Å². The van der Waals surface area contributed by atoms with Crippen molar-refractivity contribution >= 4 is 27.6 Å². The topological polar surface area (TPSA) is 59.0 Å². The van der Waals surface area contributed by atoms with Gasteiger partial charge in [-0.2, -0.15) is 8.42 Å². The molecule has 0 radical (unpaired) electrons. The van der Waals surface area contributed by atoms with Crippen LogP contribution in [0.2, 0.25) is 5.02 Å². The van der Waals surface area contributed by atoms with Gasteiger partial charge in [0.1, 0.15) is 6.10 Å². The van der Waals surface area contributed by atoms with E-state index >= 15 is 0 Å². The predicted molar refractivity (Wildman–Crippen MR) is 93.6 cm³/mol. The summed E-state index contributed by atoms with van der Waals surface area (Å²) in [4.78, 5) is 1.80. The molecule has 0 bridgehead atoms. The summed E-state index contributed by atoms with van der Waals surface area (Å²) in [6.45, 7) is 1.97. The quantitative estimate of drug-likeness (QED) is 0.836. The largest absolute Gasteiger partial charge is 0.454 e. The number of hydrogen-bond acceptors (Lipinski definition) is 3. The number of benzene rings is 2. The standard InChI is InChI=1S/C17H17ClN2O3S/c1-12-16(13-6-4-3-5-7-13)23-17(20(12)2)19-24(21,22)15-10-8-14(18)9-11-15/h3-12,16H,1-2H3/t12-,16+/m0/s1. The Morgan fingerprint density at radius 3 is 2.33 bits per heavy atom. The van der Waals surface area contributed by atoms with Crippen LogP contribution in [0.25, 0.3) is 0 Å². The summed E-state index contributed by atoms with van der Waals surface area (Å²) in [5.41, 5.74) is 0.978. The van der Waals surface area contributed by atoms with E-state index in [4.69, 9.17) is 16.3 Å². The van der Waals surface area contributed by atoms with Crippen molar-refractivity contribution < 1.29 is 13.2 Å². The Labute approximate surface area is 146 Å². The molecule has 1 saturated heterocycles. The zero-order valence-corrected chi connectivity index (χ0v) is 14.8. The van der Waals surface area contributed by atoms with E-state index in [1.807, 2.05) is 37.3 Å². The van der Waals surface area contributed by atoms with E-state index in [1.54, 1.807) is 11.9 Å². The summed E-state index contributed by atoms with van der Waals surface area (Å²) in [5, 5.41) is 0.466. The van der Waals surface area contributed by atoms with E-state index in [0.717, 1.165) is 5.56 Å². The highest BCUT2D eigenvalue weighted by Gasteiger charge is 2.37. The number of likely N-dealkylation sites (N-methyl/N-ethyl adjacent to an activating group) is 1. The van der Waals surface area contributed by atoms with Gasteiger partial charge in [0.05, 0.1) is 10.9 Å². The fraction of sp³-hybridized carbons (Fsp3) is 0.235. The average molecular weight is 365 g/mol. The Hall–Kier alpha value is -2.05. The highest BCUT2D eigenvalue weighted by atomic mass is 35.5. The van der Waals surface area contributed by atoms with Gasteiger partial charge in [-0.05, 0) is 36.8 Å². The molecule has 5 nitrogen and oxygen atoms in total. The fourth-order valence-electron chi connectivity index (χ4n) is 2.51. The molecule has 7 heteroatoms. The van der Waals surface area contributed by atoms with Crippen LogP contribution in [0.15, 0.2) is 63.9 Å². The minimum Gasteiger partial charge on any atom is -0.454 e. The number of halogens is 1. The van der Waals surface area contributed by atoms with Crippen LogP contribution in [-0.2, 0) is 14.8 Å². The Morgan fingerprint density at radius 2 is 1.71 bits per heavy atom. The van der Waals surface area contributed by atoms with Crippen LogP contribution >= 0.6 is 11.6 Å². The third-order valence-corrected chi connectivity index (χ3v) is 5.54. The lowest BCUT2D eigenvalue weighted by atomic mass is 10.0. The Morgan fingerprint density at radius 1 is 1.08 bits per heavy atom. The molecule has 0 aromatic heterocycles. The zero-order chi connectivity index (χ0) is 17.3. The molecule has 3 rings (SSSR count). The van der Waals surface area contributed by atoms with E-state index in [9.17, 15) is 8.42 Å². The molecule has 0 aliphatic carbocycles. The summed E-state index contributed by atoms with van der Waals surface area (Å²) in [7, 11) is -2.09. The van der Waals surface area contributed by atoms with Crippen LogP contribution in [0.5, 0.6) is 0 Å². The first-order chi connectivity index (χ1) is 11.4. The van der Waals surface area contributed by atoms with E-state index in [2.05, 4.69) is 4.40 Å². The summed E-state index contributed by atoms with van der Waals surface area (Å²) in [5.74, 6) is 0. The lowest BCUT2D eigenvalue weighted by molar-refractivity contribution is 0.203. The maximum Gasteiger partial charge on any atom is 0.304 e. The van der Waals surface area contributed by atoms with Gasteiger partial charge in [-0.15, -0.1) is 4.40 Å².